The van der Waals surface area contributed by atoms with Crippen molar-refractivity contribution in [2.45, 2.75) is 17.7 Å². The summed E-state index contributed by atoms with van der Waals surface area (Å²) in [5.74, 6) is 0.441. The highest BCUT2D eigenvalue weighted by atomic mass is 35.5. The molecule has 1 aliphatic rings. The standard InChI is InChI=1S/C12H17ClN2O2S/c13-11-2-1-3-12(8-11)18(16,17)15-6-4-10(9-14)5-7-15/h1-3,8,10H,4-7,9,14H2. The molecule has 0 aromatic heterocycles. The van der Waals surface area contributed by atoms with E-state index in [4.69, 9.17) is 17.3 Å². The van der Waals surface area contributed by atoms with Gasteiger partial charge in [0, 0.05) is 18.1 Å². The number of nitrogens with two attached hydrogens (primary N) is 1. The van der Waals surface area contributed by atoms with Gasteiger partial charge in [-0.1, -0.05) is 17.7 Å². The molecule has 2 N–H and O–H groups in total. The summed E-state index contributed by atoms with van der Waals surface area (Å²) in [6, 6.07) is 6.39. The van der Waals surface area contributed by atoms with Gasteiger partial charge in [0.2, 0.25) is 10.0 Å². The largest absolute Gasteiger partial charge is 0.330 e. The molecular weight excluding hydrogens is 272 g/mol. The van der Waals surface area contributed by atoms with Gasteiger partial charge in [-0.25, -0.2) is 8.42 Å². The minimum absolute atomic E-state index is 0.265. The summed E-state index contributed by atoms with van der Waals surface area (Å²) >= 11 is 5.84. The van der Waals surface area contributed by atoms with Crippen molar-refractivity contribution < 1.29 is 8.42 Å². The minimum Gasteiger partial charge on any atom is -0.330 e. The number of hydrogen-bond acceptors (Lipinski definition) is 3. The first-order valence-corrected chi connectivity index (χ1v) is 7.81. The van der Waals surface area contributed by atoms with Gasteiger partial charge in [-0.15, -0.1) is 0 Å². The number of piperidine rings is 1. The van der Waals surface area contributed by atoms with Crippen molar-refractivity contribution in [3.8, 4) is 0 Å². The van der Waals surface area contributed by atoms with E-state index in [1.54, 1.807) is 18.2 Å². The first kappa shape index (κ1) is 13.8. The van der Waals surface area contributed by atoms with Gasteiger partial charge in [0.15, 0.2) is 0 Å². The van der Waals surface area contributed by atoms with E-state index in [0.29, 0.717) is 30.6 Å². The van der Waals surface area contributed by atoms with E-state index in [2.05, 4.69) is 0 Å². The quantitative estimate of drug-likeness (QED) is 0.921. The fraction of sp³-hybridized carbons (Fsp3) is 0.500. The third-order valence-corrected chi connectivity index (χ3v) is 5.47. The number of rotatable bonds is 3. The van der Waals surface area contributed by atoms with Crippen LogP contribution in [0, 0.1) is 5.92 Å². The second-order valence-electron chi connectivity index (χ2n) is 4.54. The summed E-state index contributed by atoms with van der Waals surface area (Å²) in [7, 11) is -3.41. The zero-order valence-electron chi connectivity index (χ0n) is 10.0. The highest BCUT2D eigenvalue weighted by molar-refractivity contribution is 7.89. The predicted octanol–water partition coefficient (Wildman–Crippen LogP) is 1.70. The van der Waals surface area contributed by atoms with Crippen molar-refractivity contribution in [2.75, 3.05) is 19.6 Å². The van der Waals surface area contributed by atoms with E-state index in [1.807, 2.05) is 0 Å². The van der Waals surface area contributed by atoms with Gasteiger partial charge < -0.3 is 5.73 Å². The van der Waals surface area contributed by atoms with Crippen molar-refractivity contribution in [1.29, 1.82) is 0 Å². The van der Waals surface area contributed by atoms with E-state index in [-0.39, 0.29) is 4.90 Å². The van der Waals surface area contributed by atoms with E-state index in [0.717, 1.165) is 12.8 Å². The van der Waals surface area contributed by atoms with Crippen LogP contribution in [0.15, 0.2) is 29.2 Å². The molecule has 0 radical (unpaired) electrons. The Bertz CT molecular complexity index is 511. The summed E-state index contributed by atoms with van der Waals surface area (Å²) in [5.41, 5.74) is 5.60. The van der Waals surface area contributed by atoms with E-state index in [1.165, 1.54) is 10.4 Å². The van der Waals surface area contributed by atoms with Crippen molar-refractivity contribution >= 4 is 21.6 Å². The van der Waals surface area contributed by atoms with Gasteiger partial charge in [0.05, 0.1) is 4.90 Å². The molecule has 1 aromatic rings. The predicted molar refractivity (Wildman–Crippen MR) is 72.0 cm³/mol. The number of sulfonamides is 1. The van der Waals surface area contributed by atoms with Crippen LogP contribution >= 0.6 is 11.6 Å². The smallest absolute Gasteiger partial charge is 0.243 e. The average molecular weight is 289 g/mol. The molecule has 1 heterocycles. The van der Waals surface area contributed by atoms with Crippen LogP contribution in [0.2, 0.25) is 5.02 Å². The lowest BCUT2D eigenvalue weighted by Gasteiger charge is -2.30. The van der Waals surface area contributed by atoms with Crippen LogP contribution in [0.1, 0.15) is 12.8 Å². The van der Waals surface area contributed by atoms with Crippen LogP contribution in [0.4, 0.5) is 0 Å². The van der Waals surface area contributed by atoms with Gasteiger partial charge in [-0.2, -0.15) is 4.31 Å². The van der Waals surface area contributed by atoms with Gasteiger partial charge in [-0.3, -0.25) is 0 Å². The summed E-state index contributed by atoms with van der Waals surface area (Å²) in [4.78, 5) is 0.265. The maximum absolute atomic E-state index is 12.4. The minimum atomic E-state index is -3.41. The lowest BCUT2D eigenvalue weighted by molar-refractivity contribution is 0.278. The molecule has 0 unspecified atom stereocenters. The molecule has 1 aromatic carbocycles. The van der Waals surface area contributed by atoms with Crippen molar-refractivity contribution in [3.63, 3.8) is 0 Å². The lowest BCUT2D eigenvalue weighted by atomic mass is 9.99. The third-order valence-electron chi connectivity index (χ3n) is 3.34. The molecule has 0 atom stereocenters. The molecule has 0 spiro atoms. The highest BCUT2D eigenvalue weighted by Crippen LogP contribution is 2.24. The van der Waals surface area contributed by atoms with Crippen LogP contribution in [-0.4, -0.2) is 32.4 Å². The second-order valence-corrected chi connectivity index (χ2v) is 6.91. The Labute approximate surface area is 113 Å². The van der Waals surface area contributed by atoms with Crippen molar-refractivity contribution in [1.82, 2.24) is 4.31 Å². The molecule has 1 saturated heterocycles. The first-order chi connectivity index (χ1) is 8.54. The Balaban J connectivity index is 2.17. The number of nitrogens with zero attached hydrogens (tertiary/aromatic N) is 1. The molecule has 100 valence electrons. The lowest BCUT2D eigenvalue weighted by Crippen LogP contribution is -2.39. The van der Waals surface area contributed by atoms with Gasteiger partial charge in [-0.05, 0) is 43.5 Å². The van der Waals surface area contributed by atoms with Crippen molar-refractivity contribution in [3.05, 3.63) is 29.3 Å². The molecule has 2 rings (SSSR count). The summed E-state index contributed by atoms with van der Waals surface area (Å²) in [6.45, 7) is 1.71. The molecule has 6 heteroatoms. The molecule has 1 fully saturated rings. The van der Waals surface area contributed by atoms with Crippen LogP contribution in [0.25, 0.3) is 0 Å². The fourth-order valence-electron chi connectivity index (χ4n) is 2.16. The van der Waals surface area contributed by atoms with Crippen LogP contribution < -0.4 is 5.73 Å². The normalized spacial score (nSPS) is 19.0. The summed E-state index contributed by atoms with van der Waals surface area (Å²) in [6.07, 6.45) is 1.66. The molecule has 0 saturated carbocycles. The number of benzene rings is 1. The Morgan fingerprint density at radius 1 is 1.33 bits per heavy atom. The number of hydrogen-bond donors (Lipinski definition) is 1. The van der Waals surface area contributed by atoms with Crippen LogP contribution in [0.5, 0.6) is 0 Å². The van der Waals surface area contributed by atoms with E-state index in [9.17, 15) is 8.42 Å². The van der Waals surface area contributed by atoms with Crippen LogP contribution in [0.3, 0.4) is 0 Å². The zero-order chi connectivity index (χ0) is 13.2. The molecular formula is C12H17ClN2O2S. The molecule has 0 amide bonds. The summed E-state index contributed by atoms with van der Waals surface area (Å²) < 4.78 is 26.3. The topological polar surface area (TPSA) is 63.4 Å². The molecule has 18 heavy (non-hydrogen) atoms. The molecule has 1 aliphatic heterocycles. The maximum Gasteiger partial charge on any atom is 0.243 e. The van der Waals surface area contributed by atoms with E-state index >= 15 is 0 Å². The molecule has 0 bridgehead atoms. The van der Waals surface area contributed by atoms with Crippen LogP contribution in [-0.2, 0) is 10.0 Å². The molecule has 0 aliphatic carbocycles. The average Bonchev–Trinajstić information content (AvgIpc) is 2.39. The first-order valence-electron chi connectivity index (χ1n) is 6.00. The maximum atomic E-state index is 12.4. The Morgan fingerprint density at radius 2 is 2.00 bits per heavy atom. The SMILES string of the molecule is NCC1CCN(S(=O)(=O)c2cccc(Cl)c2)CC1. The Morgan fingerprint density at radius 3 is 2.56 bits per heavy atom. The Kier molecular flexibility index (Phi) is 4.27. The fourth-order valence-corrected chi connectivity index (χ4v) is 3.93. The Hall–Kier alpha value is -0.620. The number of halogens is 1. The molecule has 4 nitrogen and oxygen atoms in total. The highest BCUT2D eigenvalue weighted by Gasteiger charge is 2.28. The summed E-state index contributed by atoms with van der Waals surface area (Å²) in [5, 5.41) is 0.438. The second kappa shape index (κ2) is 5.57. The monoisotopic (exact) mass is 288 g/mol. The van der Waals surface area contributed by atoms with Gasteiger partial charge in [0.25, 0.3) is 0 Å². The third kappa shape index (κ3) is 2.85. The van der Waals surface area contributed by atoms with Gasteiger partial charge in [0.1, 0.15) is 0 Å². The zero-order valence-corrected chi connectivity index (χ0v) is 11.6. The van der Waals surface area contributed by atoms with Gasteiger partial charge >= 0.3 is 0 Å². The van der Waals surface area contributed by atoms with E-state index < -0.39 is 10.0 Å². The van der Waals surface area contributed by atoms with Crippen molar-refractivity contribution in [2.24, 2.45) is 11.7 Å².